The van der Waals surface area contributed by atoms with Gasteiger partial charge in [0.25, 0.3) is 0 Å². The molecular formula is C23H28N2O4S. The number of nitrogens with two attached hydrogens (primary N) is 1. The van der Waals surface area contributed by atoms with Crippen LogP contribution in [0, 0.1) is 20.8 Å². The SMILES string of the molecule is CC(=O)c1sc(N)c(C)c1C.Cc1ccc2c(c1)C(=O)CC1(CCN(C=O)CC1)O2. The molecule has 1 saturated heterocycles. The zero-order valence-corrected chi connectivity index (χ0v) is 18.7. The van der Waals surface area contributed by atoms with Gasteiger partial charge < -0.3 is 15.4 Å². The number of nitrogen functional groups attached to an aromatic ring is 1. The van der Waals surface area contributed by atoms with E-state index >= 15 is 0 Å². The number of amides is 1. The van der Waals surface area contributed by atoms with Gasteiger partial charge in [-0.2, -0.15) is 0 Å². The zero-order valence-electron chi connectivity index (χ0n) is 17.9. The van der Waals surface area contributed by atoms with Crippen molar-refractivity contribution in [2.24, 2.45) is 0 Å². The predicted octanol–water partition coefficient (Wildman–Crippen LogP) is 4.10. The Bertz CT molecular complexity index is 987. The summed E-state index contributed by atoms with van der Waals surface area (Å²) in [6.07, 6.45) is 2.75. The molecule has 30 heavy (non-hydrogen) atoms. The van der Waals surface area contributed by atoms with Gasteiger partial charge in [-0.05, 0) is 51.0 Å². The number of anilines is 1. The Balaban J connectivity index is 0.000000199. The standard InChI is InChI=1S/C15H17NO3.C8H11NOS/c1-11-2-3-14-12(8-11)13(18)9-15(19-14)4-6-16(10-17)7-5-15;1-4-5(2)8(9)11-7(4)6(3)10/h2-3,8,10H,4-7,9H2,1H3;9H2,1-3H3. The van der Waals surface area contributed by atoms with Crippen LogP contribution in [0.4, 0.5) is 5.00 Å². The van der Waals surface area contributed by atoms with Gasteiger partial charge >= 0.3 is 0 Å². The first-order valence-corrected chi connectivity index (χ1v) is 10.9. The number of carbonyl (C=O) groups excluding carboxylic acids is 3. The quantitative estimate of drug-likeness (QED) is 0.574. The molecule has 0 atom stereocenters. The Hall–Kier alpha value is -2.67. The van der Waals surface area contributed by atoms with E-state index in [1.54, 1.807) is 11.8 Å². The highest BCUT2D eigenvalue weighted by molar-refractivity contribution is 7.18. The number of rotatable bonds is 2. The summed E-state index contributed by atoms with van der Waals surface area (Å²) in [7, 11) is 0. The molecule has 1 fully saturated rings. The van der Waals surface area contributed by atoms with Crippen molar-refractivity contribution in [2.75, 3.05) is 18.8 Å². The molecule has 1 amide bonds. The molecule has 2 N–H and O–H groups in total. The second kappa shape index (κ2) is 8.60. The van der Waals surface area contributed by atoms with Gasteiger partial charge in [-0.25, -0.2) is 0 Å². The van der Waals surface area contributed by atoms with Crippen molar-refractivity contribution in [2.45, 2.75) is 52.6 Å². The fourth-order valence-electron chi connectivity index (χ4n) is 3.88. The zero-order chi connectivity index (χ0) is 22.1. The molecule has 0 unspecified atom stereocenters. The Morgan fingerprint density at radius 3 is 2.37 bits per heavy atom. The first kappa shape index (κ1) is 22.0. The number of benzene rings is 1. The van der Waals surface area contributed by atoms with Gasteiger partial charge in [0.05, 0.1) is 21.9 Å². The number of Topliss-reactive ketones (excluding diaryl/α,β-unsaturated/α-hetero) is 2. The molecule has 0 saturated carbocycles. The van der Waals surface area contributed by atoms with E-state index in [0.29, 0.717) is 30.8 Å². The van der Waals surface area contributed by atoms with Crippen LogP contribution in [0.5, 0.6) is 5.75 Å². The van der Waals surface area contributed by atoms with Crippen LogP contribution in [0.1, 0.15) is 62.9 Å². The van der Waals surface area contributed by atoms with Gasteiger partial charge in [-0.1, -0.05) is 11.6 Å². The average Bonchev–Trinajstić information content (AvgIpc) is 2.97. The summed E-state index contributed by atoms with van der Waals surface area (Å²) in [5, 5.41) is 0.757. The Morgan fingerprint density at radius 1 is 1.20 bits per heavy atom. The van der Waals surface area contributed by atoms with Crippen LogP contribution < -0.4 is 10.5 Å². The number of carbonyl (C=O) groups is 3. The Kier molecular flexibility index (Phi) is 6.31. The Morgan fingerprint density at radius 2 is 1.87 bits per heavy atom. The minimum atomic E-state index is -0.404. The summed E-state index contributed by atoms with van der Waals surface area (Å²) < 4.78 is 6.12. The molecular weight excluding hydrogens is 400 g/mol. The third-order valence-corrected chi connectivity index (χ3v) is 7.23. The van der Waals surface area contributed by atoms with Crippen molar-refractivity contribution in [1.82, 2.24) is 4.90 Å². The van der Waals surface area contributed by atoms with Crippen molar-refractivity contribution < 1.29 is 19.1 Å². The topological polar surface area (TPSA) is 89.7 Å². The van der Waals surface area contributed by atoms with E-state index in [2.05, 4.69) is 0 Å². The lowest BCUT2D eigenvalue weighted by Crippen LogP contribution is -2.50. The van der Waals surface area contributed by atoms with Gasteiger partial charge in [-0.15, -0.1) is 11.3 Å². The molecule has 1 aromatic heterocycles. The molecule has 2 aromatic rings. The lowest BCUT2D eigenvalue weighted by molar-refractivity contribution is -0.121. The molecule has 6 nitrogen and oxygen atoms in total. The smallest absolute Gasteiger partial charge is 0.209 e. The maximum Gasteiger partial charge on any atom is 0.209 e. The van der Waals surface area contributed by atoms with E-state index in [1.165, 1.54) is 11.3 Å². The summed E-state index contributed by atoms with van der Waals surface area (Å²) in [5.74, 6) is 0.957. The van der Waals surface area contributed by atoms with Gasteiger partial charge in [0, 0.05) is 25.9 Å². The van der Waals surface area contributed by atoms with Crippen molar-refractivity contribution in [3.8, 4) is 5.75 Å². The van der Waals surface area contributed by atoms with Crippen LogP contribution in [-0.4, -0.2) is 41.6 Å². The first-order valence-electron chi connectivity index (χ1n) is 10.0. The van der Waals surface area contributed by atoms with Crippen molar-refractivity contribution in [3.05, 3.63) is 45.3 Å². The number of fused-ring (bicyclic) bond motifs is 1. The minimum absolute atomic E-state index is 0.104. The predicted molar refractivity (Wildman–Crippen MR) is 119 cm³/mol. The lowest BCUT2D eigenvalue weighted by atomic mass is 9.82. The highest BCUT2D eigenvalue weighted by Crippen LogP contribution is 2.39. The second-order valence-electron chi connectivity index (χ2n) is 8.13. The number of aryl methyl sites for hydroxylation is 1. The van der Waals surface area contributed by atoms with Crippen LogP contribution >= 0.6 is 11.3 Å². The Labute approximate surface area is 181 Å². The summed E-state index contributed by atoms with van der Waals surface area (Å²) in [6.45, 7) is 8.74. The van der Waals surface area contributed by atoms with Crippen LogP contribution in [0.25, 0.3) is 0 Å². The van der Waals surface area contributed by atoms with Crippen LogP contribution in [0.15, 0.2) is 18.2 Å². The van der Waals surface area contributed by atoms with Gasteiger partial charge in [0.1, 0.15) is 11.4 Å². The summed E-state index contributed by atoms with van der Waals surface area (Å²) in [5.41, 5.74) is 9.08. The number of ketones is 2. The van der Waals surface area contributed by atoms with Crippen molar-refractivity contribution >= 4 is 34.3 Å². The normalized spacial score (nSPS) is 16.9. The monoisotopic (exact) mass is 428 g/mol. The maximum atomic E-state index is 12.3. The molecule has 7 heteroatoms. The molecule has 2 aliphatic rings. The highest BCUT2D eigenvalue weighted by atomic mass is 32.1. The molecule has 0 aliphatic carbocycles. The number of piperidine rings is 1. The van der Waals surface area contributed by atoms with Gasteiger partial charge in [-0.3, -0.25) is 14.4 Å². The molecule has 0 radical (unpaired) electrons. The van der Waals surface area contributed by atoms with Crippen molar-refractivity contribution in [1.29, 1.82) is 0 Å². The summed E-state index contributed by atoms with van der Waals surface area (Å²) >= 11 is 1.38. The summed E-state index contributed by atoms with van der Waals surface area (Å²) in [4.78, 5) is 36.6. The maximum absolute atomic E-state index is 12.3. The third-order valence-electron chi connectivity index (χ3n) is 5.91. The molecule has 3 heterocycles. The van der Waals surface area contributed by atoms with Crippen LogP contribution in [0.3, 0.4) is 0 Å². The van der Waals surface area contributed by atoms with Crippen molar-refractivity contribution in [3.63, 3.8) is 0 Å². The largest absolute Gasteiger partial charge is 0.486 e. The molecule has 2 aliphatic heterocycles. The summed E-state index contributed by atoms with van der Waals surface area (Å²) in [6, 6.07) is 5.74. The number of ether oxygens (including phenoxy) is 1. The molecule has 0 bridgehead atoms. The molecule has 1 aromatic carbocycles. The third kappa shape index (κ3) is 4.41. The first-order chi connectivity index (χ1) is 14.2. The number of hydrogen-bond donors (Lipinski definition) is 1. The number of likely N-dealkylation sites (tertiary alicyclic amines) is 1. The van der Waals surface area contributed by atoms with E-state index in [0.717, 1.165) is 45.8 Å². The van der Waals surface area contributed by atoms with E-state index < -0.39 is 5.60 Å². The number of thiophene rings is 1. The number of nitrogens with zero attached hydrogens (tertiary/aromatic N) is 1. The van der Waals surface area contributed by atoms with E-state index in [4.69, 9.17) is 10.5 Å². The van der Waals surface area contributed by atoms with E-state index in [9.17, 15) is 14.4 Å². The number of hydrogen-bond acceptors (Lipinski definition) is 6. The lowest BCUT2D eigenvalue weighted by Gasteiger charge is -2.43. The van der Waals surface area contributed by atoms with Gasteiger partial charge in [0.15, 0.2) is 11.6 Å². The van der Waals surface area contributed by atoms with Crippen LogP contribution in [-0.2, 0) is 4.79 Å². The highest BCUT2D eigenvalue weighted by Gasteiger charge is 2.42. The van der Waals surface area contributed by atoms with E-state index in [-0.39, 0.29) is 11.6 Å². The second-order valence-corrected chi connectivity index (χ2v) is 9.18. The molecule has 4 rings (SSSR count). The average molecular weight is 429 g/mol. The van der Waals surface area contributed by atoms with E-state index in [1.807, 2.05) is 39.0 Å². The molecule has 160 valence electrons. The minimum Gasteiger partial charge on any atom is -0.486 e. The molecule has 1 spiro atoms. The van der Waals surface area contributed by atoms with Crippen LogP contribution in [0.2, 0.25) is 0 Å². The van der Waals surface area contributed by atoms with Gasteiger partial charge in [0.2, 0.25) is 6.41 Å². The fourth-order valence-corrected chi connectivity index (χ4v) is 4.85. The fraction of sp³-hybridized carbons (Fsp3) is 0.435.